The summed E-state index contributed by atoms with van der Waals surface area (Å²) in [7, 11) is 1.27. The number of anilines is 2. The van der Waals surface area contributed by atoms with E-state index < -0.39 is 10.0 Å². The van der Waals surface area contributed by atoms with Crippen LogP contribution in [0.5, 0.6) is 5.75 Å². The second-order valence-corrected chi connectivity index (χ2v) is 8.64. The van der Waals surface area contributed by atoms with Crippen molar-refractivity contribution in [3.63, 3.8) is 0 Å². The standard InChI is InChI=1S/C17H23ClN6O4S/c1-23(2)16-20-15(21-17(22-16)24-6-8-28-9-7-24)11-19-29(25,26)12-4-5-14(27-3)13(18)10-12/h4-5,10,19H,6-9,11H2,1-3H3. The van der Waals surface area contributed by atoms with Gasteiger partial charge in [-0.15, -0.1) is 0 Å². The molecule has 0 aliphatic carbocycles. The zero-order chi connectivity index (χ0) is 21.0. The molecule has 1 N–H and O–H groups in total. The van der Waals surface area contributed by atoms with Crippen molar-refractivity contribution in [1.82, 2.24) is 19.7 Å². The molecule has 29 heavy (non-hydrogen) atoms. The van der Waals surface area contributed by atoms with Crippen LogP contribution in [-0.2, 0) is 21.3 Å². The number of nitrogens with one attached hydrogen (secondary N) is 1. The predicted molar refractivity (Wildman–Crippen MR) is 109 cm³/mol. The van der Waals surface area contributed by atoms with Crippen LogP contribution in [0.2, 0.25) is 5.02 Å². The maximum Gasteiger partial charge on any atom is 0.241 e. The first-order valence-corrected chi connectivity index (χ1v) is 10.7. The van der Waals surface area contributed by atoms with Crippen LogP contribution in [-0.4, -0.2) is 70.9 Å². The minimum Gasteiger partial charge on any atom is -0.495 e. The molecule has 1 saturated heterocycles. The number of rotatable bonds is 7. The summed E-state index contributed by atoms with van der Waals surface area (Å²) < 4.78 is 38.2. The summed E-state index contributed by atoms with van der Waals surface area (Å²) in [5.74, 6) is 1.65. The summed E-state index contributed by atoms with van der Waals surface area (Å²) in [6.07, 6.45) is 0. The Morgan fingerprint density at radius 1 is 1.24 bits per heavy atom. The first-order valence-electron chi connectivity index (χ1n) is 8.88. The molecule has 1 aromatic carbocycles. The zero-order valence-corrected chi connectivity index (χ0v) is 18.0. The van der Waals surface area contributed by atoms with Crippen molar-refractivity contribution >= 4 is 33.5 Å². The Hall–Kier alpha value is -2.21. The van der Waals surface area contributed by atoms with Crippen molar-refractivity contribution < 1.29 is 17.9 Å². The van der Waals surface area contributed by atoms with Crippen molar-refractivity contribution in [3.05, 3.63) is 29.0 Å². The molecule has 0 unspecified atom stereocenters. The molecule has 12 heteroatoms. The highest BCUT2D eigenvalue weighted by molar-refractivity contribution is 7.89. The fourth-order valence-corrected chi connectivity index (χ4v) is 3.96. The number of sulfonamides is 1. The Balaban J connectivity index is 1.81. The molecule has 0 bridgehead atoms. The number of hydrogen-bond acceptors (Lipinski definition) is 9. The largest absolute Gasteiger partial charge is 0.495 e. The van der Waals surface area contributed by atoms with E-state index in [1.165, 1.54) is 25.3 Å². The molecular weight excluding hydrogens is 420 g/mol. The molecule has 3 rings (SSSR count). The summed E-state index contributed by atoms with van der Waals surface area (Å²) >= 11 is 6.04. The Labute approximate surface area is 174 Å². The highest BCUT2D eigenvalue weighted by Gasteiger charge is 2.20. The minimum absolute atomic E-state index is 0.0265. The van der Waals surface area contributed by atoms with E-state index in [4.69, 9.17) is 21.1 Å². The van der Waals surface area contributed by atoms with E-state index in [9.17, 15) is 8.42 Å². The lowest BCUT2D eigenvalue weighted by atomic mass is 10.3. The average molecular weight is 443 g/mol. The topological polar surface area (TPSA) is 110 Å². The summed E-state index contributed by atoms with van der Waals surface area (Å²) in [6.45, 7) is 2.40. The molecule has 1 aromatic heterocycles. The van der Waals surface area contributed by atoms with Gasteiger partial charge in [-0.25, -0.2) is 13.1 Å². The molecule has 0 amide bonds. The summed E-state index contributed by atoms with van der Waals surface area (Å²) in [4.78, 5) is 17.0. The van der Waals surface area contributed by atoms with Crippen LogP contribution in [0.25, 0.3) is 0 Å². The number of halogens is 1. The molecule has 1 fully saturated rings. The van der Waals surface area contributed by atoms with E-state index in [2.05, 4.69) is 19.7 Å². The van der Waals surface area contributed by atoms with Gasteiger partial charge in [0, 0.05) is 27.2 Å². The van der Waals surface area contributed by atoms with Gasteiger partial charge in [0.1, 0.15) is 5.75 Å². The number of ether oxygens (including phenoxy) is 2. The second kappa shape index (κ2) is 9.08. The van der Waals surface area contributed by atoms with E-state index in [0.717, 1.165) is 0 Å². The first kappa shape index (κ1) is 21.5. The van der Waals surface area contributed by atoms with E-state index in [-0.39, 0.29) is 16.5 Å². The Morgan fingerprint density at radius 3 is 2.59 bits per heavy atom. The van der Waals surface area contributed by atoms with Gasteiger partial charge in [0.05, 0.1) is 36.8 Å². The second-order valence-electron chi connectivity index (χ2n) is 6.47. The smallest absolute Gasteiger partial charge is 0.241 e. The summed E-state index contributed by atoms with van der Waals surface area (Å²) in [5, 5.41) is 0.208. The Bertz CT molecular complexity index is 966. The van der Waals surface area contributed by atoms with Crippen LogP contribution < -0.4 is 19.3 Å². The molecule has 2 aromatic rings. The molecular formula is C17H23ClN6O4S. The molecule has 1 aliphatic heterocycles. The van der Waals surface area contributed by atoms with Crippen molar-refractivity contribution in [3.8, 4) is 5.75 Å². The van der Waals surface area contributed by atoms with Gasteiger partial charge in [-0.05, 0) is 18.2 Å². The van der Waals surface area contributed by atoms with E-state index in [1.54, 1.807) is 4.90 Å². The van der Waals surface area contributed by atoms with Gasteiger partial charge in [0.15, 0.2) is 5.82 Å². The van der Waals surface area contributed by atoms with Crippen molar-refractivity contribution in [2.45, 2.75) is 11.4 Å². The lowest BCUT2D eigenvalue weighted by molar-refractivity contribution is 0.122. The van der Waals surface area contributed by atoms with Crippen LogP contribution in [0.15, 0.2) is 23.1 Å². The van der Waals surface area contributed by atoms with Crippen LogP contribution in [0.3, 0.4) is 0 Å². The van der Waals surface area contributed by atoms with Gasteiger partial charge < -0.3 is 19.3 Å². The SMILES string of the molecule is COc1ccc(S(=O)(=O)NCc2nc(N(C)C)nc(N3CCOCC3)n2)cc1Cl. The molecule has 0 spiro atoms. The summed E-state index contributed by atoms with van der Waals surface area (Å²) in [5.41, 5.74) is 0. The third-order valence-electron chi connectivity index (χ3n) is 4.21. The van der Waals surface area contributed by atoms with Gasteiger partial charge in [-0.3, -0.25) is 0 Å². The number of morpholine rings is 1. The highest BCUT2D eigenvalue weighted by atomic mass is 35.5. The lowest BCUT2D eigenvalue weighted by Gasteiger charge is -2.27. The van der Waals surface area contributed by atoms with E-state index >= 15 is 0 Å². The third-order valence-corrected chi connectivity index (χ3v) is 5.90. The Kier molecular flexibility index (Phi) is 6.73. The number of methoxy groups -OCH3 is 1. The van der Waals surface area contributed by atoms with Crippen LogP contribution >= 0.6 is 11.6 Å². The molecule has 0 saturated carbocycles. The Morgan fingerprint density at radius 2 is 1.97 bits per heavy atom. The third kappa shape index (κ3) is 5.24. The van der Waals surface area contributed by atoms with Gasteiger partial charge in [-0.2, -0.15) is 15.0 Å². The monoisotopic (exact) mass is 442 g/mol. The molecule has 158 valence electrons. The van der Waals surface area contributed by atoms with E-state index in [1.807, 2.05) is 19.0 Å². The maximum absolute atomic E-state index is 12.6. The van der Waals surface area contributed by atoms with Gasteiger partial charge in [0.25, 0.3) is 0 Å². The van der Waals surface area contributed by atoms with Crippen LogP contribution in [0, 0.1) is 0 Å². The number of aromatic nitrogens is 3. The van der Waals surface area contributed by atoms with Crippen LogP contribution in [0.1, 0.15) is 5.82 Å². The molecule has 0 atom stereocenters. The minimum atomic E-state index is -3.81. The number of benzene rings is 1. The quantitative estimate of drug-likeness (QED) is 0.668. The molecule has 2 heterocycles. The first-order chi connectivity index (χ1) is 13.8. The van der Waals surface area contributed by atoms with Gasteiger partial charge in [-0.1, -0.05) is 11.6 Å². The summed E-state index contributed by atoms with van der Waals surface area (Å²) in [6, 6.07) is 4.26. The van der Waals surface area contributed by atoms with Crippen molar-refractivity contribution in [2.24, 2.45) is 0 Å². The molecule has 10 nitrogen and oxygen atoms in total. The average Bonchev–Trinajstić information content (AvgIpc) is 2.72. The van der Waals surface area contributed by atoms with Crippen molar-refractivity contribution in [2.75, 3.05) is 57.3 Å². The van der Waals surface area contributed by atoms with Crippen molar-refractivity contribution in [1.29, 1.82) is 0 Å². The fraction of sp³-hybridized carbons (Fsp3) is 0.471. The normalized spacial score (nSPS) is 14.7. The maximum atomic E-state index is 12.6. The van der Waals surface area contributed by atoms with Crippen LogP contribution in [0.4, 0.5) is 11.9 Å². The number of nitrogens with zero attached hydrogens (tertiary/aromatic N) is 5. The predicted octanol–water partition coefficient (Wildman–Crippen LogP) is 0.915. The molecule has 1 aliphatic rings. The molecule has 0 radical (unpaired) electrons. The van der Waals surface area contributed by atoms with Gasteiger partial charge >= 0.3 is 0 Å². The zero-order valence-electron chi connectivity index (χ0n) is 16.4. The highest BCUT2D eigenvalue weighted by Crippen LogP contribution is 2.27. The fourth-order valence-electron chi connectivity index (χ4n) is 2.64. The van der Waals surface area contributed by atoms with E-state index in [0.29, 0.717) is 49.8 Å². The van der Waals surface area contributed by atoms with Gasteiger partial charge in [0.2, 0.25) is 21.9 Å². The lowest BCUT2D eigenvalue weighted by Crippen LogP contribution is -2.38. The number of hydrogen-bond donors (Lipinski definition) is 1.